The minimum absolute atomic E-state index is 0.188. The van der Waals surface area contributed by atoms with E-state index in [9.17, 15) is 19.2 Å². The van der Waals surface area contributed by atoms with Crippen LogP contribution in [0.5, 0.6) is 0 Å². The molecule has 0 aromatic heterocycles. The lowest BCUT2D eigenvalue weighted by Crippen LogP contribution is -2.43. The van der Waals surface area contributed by atoms with E-state index in [0.717, 1.165) is 12.8 Å². The maximum absolute atomic E-state index is 12.9. The third-order valence-electron chi connectivity index (χ3n) is 7.24. The van der Waals surface area contributed by atoms with Gasteiger partial charge in [0.1, 0.15) is 0 Å². The Morgan fingerprint density at radius 1 is 0.943 bits per heavy atom. The molecule has 2 amide bonds. The molecule has 2 fully saturated rings. The summed E-state index contributed by atoms with van der Waals surface area (Å²) in [4.78, 5) is 50.4. The van der Waals surface area contributed by atoms with E-state index in [0.29, 0.717) is 25.9 Å². The Kier molecular flexibility index (Phi) is 9.31. The molecule has 8 nitrogen and oxygen atoms in total. The topological polar surface area (TPSA) is 111 Å². The first-order chi connectivity index (χ1) is 16.4. The minimum atomic E-state index is -1.15. The van der Waals surface area contributed by atoms with Gasteiger partial charge in [-0.05, 0) is 50.9 Å². The molecule has 35 heavy (non-hydrogen) atoms. The highest BCUT2D eigenvalue weighted by molar-refractivity contribution is 6.07. The minimum Gasteiger partial charge on any atom is -0.465 e. The highest BCUT2D eigenvalue weighted by Gasteiger charge is 2.66. The summed E-state index contributed by atoms with van der Waals surface area (Å²) in [5, 5.41) is 5.86. The second kappa shape index (κ2) is 11.4. The van der Waals surface area contributed by atoms with Crippen molar-refractivity contribution in [3.8, 4) is 0 Å². The van der Waals surface area contributed by atoms with Crippen molar-refractivity contribution >= 4 is 23.8 Å². The monoisotopic (exact) mass is 490 g/mol. The zero-order valence-corrected chi connectivity index (χ0v) is 21.9. The summed E-state index contributed by atoms with van der Waals surface area (Å²) in [5.41, 5.74) is -2.50. The highest BCUT2D eigenvalue weighted by Crippen LogP contribution is 2.55. The normalized spacial score (nSPS) is 27.7. The van der Waals surface area contributed by atoms with Crippen molar-refractivity contribution in [3.05, 3.63) is 25.3 Å². The molecule has 2 aliphatic rings. The Balaban J connectivity index is 1.82. The SMILES string of the molecule is C=CC1CC1(C(=O)NCCC(C)CC(C)(C)CNC(=O)C1(C(=O)OCC)CC1C=C)C(=O)OCC. The fourth-order valence-electron chi connectivity index (χ4n) is 5.03. The van der Waals surface area contributed by atoms with Crippen molar-refractivity contribution in [2.75, 3.05) is 26.3 Å². The van der Waals surface area contributed by atoms with Crippen LogP contribution >= 0.6 is 0 Å². The number of hydrogen-bond acceptors (Lipinski definition) is 6. The molecular formula is C27H42N2O6. The first-order valence-corrected chi connectivity index (χ1v) is 12.6. The zero-order chi connectivity index (χ0) is 26.4. The molecule has 8 heteroatoms. The summed E-state index contributed by atoms with van der Waals surface area (Å²) in [5.74, 6) is -1.70. The largest absolute Gasteiger partial charge is 0.465 e. The number of carbonyl (C=O) groups is 4. The fourth-order valence-corrected chi connectivity index (χ4v) is 5.03. The molecule has 2 aliphatic carbocycles. The van der Waals surface area contributed by atoms with Gasteiger partial charge in [0.25, 0.3) is 0 Å². The molecule has 0 radical (unpaired) electrons. The lowest BCUT2D eigenvalue weighted by atomic mass is 9.82. The van der Waals surface area contributed by atoms with Gasteiger partial charge in [-0.1, -0.05) is 32.9 Å². The van der Waals surface area contributed by atoms with Crippen LogP contribution in [0.1, 0.15) is 60.3 Å². The van der Waals surface area contributed by atoms with E-state index in [1.165, 1.54) is 0 Å². The van der Waals surface area contributed by atoms with E-state index in [4.69, 9.17) is 9.47 Å². The van der Waals surface area contributed by atoms with Crippen molar-refractivity contribution in [2.24, 2.45) is 34.0 Å². The van der Waals surface area contributed by atoms with Gasteiger partial charge in [0.2, 0.25) is 11.8 Å². The molecule has 0 saturated heterocycles. The maximum Gasteiger partial charge on any atom is 0.322 e. The molecule has 5 unspecified atom stereocenters. The summed E-state index contributed by atoms with van der Waals surface area (Å²) >= 11 is 0. The summed E-state index contributed by atoms with van der Waals surface area (Å²) in [7, 11) is 0. The Morgan fingerprint density at radius 2 is 1.40 bits per heavy atom. The number of allylic oxidation sites excluding steroid dienone is 2. The Morgan fingerprint density at radius 3 is 1.80 bits per heavy atom. The number of carbonyl (C=O) groups excluding carboxylic acids is 4. The number of esters is 2. The Labute approximate surface area is 209 Å². The van der Waals surface area contributed by atoms with Crippen LogP contribution in [0.25, 0.3) is 0 Å². The van der Waals surface area contributed by atoms with Crippen molar-refractivity contribution < 1.29 is 28.7 Å². The molecule has 196 valence electrons. The van der Waals surface area contributed by atoms with E-state index >= 15 is 0 Å². The van der Waals surface area contributed by atoms with E-state index < -0.39 is 22.8 Å². The van der Waals surface area contributed by atoms with Crippen LogP contribution in [0.3, 0.4) is 0 Å². The fraction of sp³-hybridized carbons (Fsp3) is 0.704. The van der Waals surface area contributed by atoms with Gasteiger partial charge in [-0.2, -0.15) is 0 Å². The lowest BCUT2D eigenvalue weighted by Gasteiger charge is -2.29. The molecule has 2 saturated carbocycles. The molecule has 5 atom stereocenters. The summed E-state index contributed by atoms with van der Waals surface area (Å²) < 4.78 is 10.3. The van der Waals surface area contributed by atoms with Gasteiger partial charge in [-0.3, -0.25) is 19.2 Å². The molecule has 0 aliphatic heterocycles. The van der Waals surface area contributed by atoms with Crippen LogP contribution in [0.15, 0.2) is 25.3 Å². The predicted octanol–water partition coefficient (Wildman–Crippen LogP) is 3.17. The molecule has 0 aromatic carbocycles. The van der Waals surface area contributed by atoms with Gasteiger partial charge in [-0.25, -0.2) is 0 Å². The third-order valence-corrected chi connectivity index (χ3v) is 7.24. The number of nitrogens with one attached hydrogen (secondary N) is 2. The average Bonchev–Trinajstić information content (AvgIpc) is 3.70. The second-order valence-corrected chi connectivity index (χ2v) is 10.7. The summed E-state index contributed by atoms with van der Waals surface area (Å²) in [6, 6.07) is 0. The molecule has 0 heterocycles. The third kappa shape index (κ3) is 6.14. The van der Waals surface area contributed by atoms with Crippen LogP contribution in [0, 0.1) is 34.0 Å². The highest BCUT2D eigenvalue weighted by atomic mass is 16.5. The van der Waals surface area contributed by atoms with Gasteiger partial charge in [-0.15, -0.1) is 13.2 Å². The molecule has 2 N–H and O–H groups in total. The summed E-state index contributed by atoms with van der Waals surface area (Å²) in [6.45, 7) is 18.4. The first kappa shape index (κ1) is 28.6. The van der Waals surface area contributed by atoms with E-state index in [1.807, 2.05) is 0 Å². The van der Waals surface area contributed by atoms with Gasteiger partial charge in [0, 0.05) is 24.9 Å². The summed E-state index contributed by atoms with van der Waals surface area (Å²) in [6.07, 6.45) is 5.68. The Bertz CT molecular complexity index is 853. The van der Waals surface area contributed by atoms with Crippen LogP contribution < -0.4 is 10.6 Å². The lowest BCUT2D eigenvalue weighted by molar-refractivity contribution is -0.156. The van der Waals surface area contributed by atoms with Crippen LogP contribution in [-0.4, -0.2) is 50.1 Å². The molecule has 0 bridgehead atoms. The molecule has 0 aromatic rings. The van der Waals surface area contributed by atoms with E-state index in [-0.39, 0.29) is 48.2 Å². The van der Waals surface area contributed by atoms with Gasteiger partial charge >= 0.3 is 11.9 Å². The quantitative estimate of drug-likeness (QED) is 0.207. The van der Waals surface area contributed by atoms with E-state index in [1.54, 1.807) is 26.0 Å². The van der Waals surface area contributed by atoms with E-state index in [2.05, 4.69) is 44.6 Å². The Hall–Kier alpha value is -2.64. The van der Waals surface area contributed by atoms with Crippen molar-refractivity contribution in [1.82, 2.24) is 10.6 Å². The van der Waals surface area contributed by atoms with Gasteiger partial charge < -0.3 is 20.1 Å². The van der Waals surface area contributed by atoms with Crippen LogP contribution in [-0.2, 0) is 28.7 Å². The smallest absolute Gasteiger partial charge is 0.322 e. The van der Waals surface area contributed by atoms with Gasteiger partial charge in [0.15, 0.2) is 10.8 Å². The number of rotatable bonds is 15. The van der Waals surface area contributed by atoms with Crippen molar-refractivity contribution in [1.29, 1.82) is 0 Å². The van der Waals surface area contributed by atoms with Gasteiger partial charge in [0.05, 0.1) is 13.2 Å². The first-order valence-electron chi connectivity index (χ1n) is 12.6. The second-order valence-electron chi connectivity index (χ2n) is 10.7. The predicted molar refractivity (Wildman–Crippen MR) is 133 cm³/mol. The number of ether oxygens (including phenoxy) is 2. The maximum atomic E-state index is 12.9. The van der Waals surface area contributed by atoms with Crippen molar-refractivity contribution in [2.45, 2.75) is 60.3 Å². The van der Waals surface area contributed by atoms with Crippen LogP contribution in [0.4, 0.5) is 0 Å². The molecule has 0 spiro atoms. The van der Waals surface area contributed by atoms with Crippen molar-refractivity contribution in [3.63, 3.8) is 0 Å². The average molecular weight is 491 g/mol. The standard InChI is InChI=1S/C27H42N2O6/c1-8-19-15-26(19,23(32)34-10-3)21(30)28-13-12-18(5)14-25(6,7)17-29-22(31)27(16-20(27)9-2)24(33)35-11-4/h8-9,18-20H,1-2,10-17H2,3-7H3,(H,28,30)(H,29,31). The molecule has 2 rings (SSSR count). The number of amides is 2. The number of hydrogen-bond donors (Lipinski definition) is 2. The van der Waals surface area contributed by atoms with Crippen LogP contribution in [0.2, 0.25) is 0 Å². The molecular weight excluding hydrogens is 448 g/mol. The zero-order valence-electron chi connectivity index (χ0n) is 21.9.